The van der Waals surface area contributed by atoms with Gasteiger partial charge in [-0.05, 0) is 16.7 Å². The zero-order valence-corrected chi connectivity index (χ0v) is 19.9. The molecule has 1 heterocycles. The number of nitrogens with one attached hydrogen (secondary N) is 2. The molecule has 3 atom stereocenters. The smallest absolute Gasteiger partial charge is 0.330 e. The number of carboxylic acid groups (broad SMARTS) is 2. The summed E-state index contributed by atoms with van der Waals surface area (Å²) < 4.78 is 0. The third-order valence-corrected chi connectivity index (χ3v) is 5.80. The van der Waals surface area contributed by atoms with Crippen LogP contribution in [0.1, 0.15) is 41.5 Å². The van der Waals surface area contributed by atoms with Crippen molar-refractivity contribution in [2.45, 2.75) is 30.8 Å². The van der Waals surface area contributed by atoms with Crippen LogP contribution in [-0.4, -0.2) is 69.5 Å². The fourth-order valence-corrected chi connectivity index (χ4v) is 3.95. The molecule has 0 radical (unpaired) electrons. The number of benzene rings is 2. The largest absolute Gasteiger partial charge is 0.481 e. The fourth-order valence-electron chi connectivity index (χ4n) is 3.95. The van der Waals surface area contributed by atoms with Crippen molar-refractivity contribution >= 4 is 41.8 Å². The van der Waals surface area contributed by atoms with Gasteiger partial charge >= 0.3 is 11.9 Å². The number of carboxylic acids is 2. The number of carbonyl (C=O) groups is 6. The number of carbonyl (C=O) groups excluding carboxylic acids is 4. The Bertz CT molecular complexity index is 1260. The van der Waals surface area contributed by atoms with Crippen molar-refractivity contribution < 1.29 is 39.0 Å². The van der Waals surface area contributed by atoms with E-state index in [0.29, 0.717) is 11.1 Å². The van der Waals surface area contributed by atoms with Crippen molar-refractivity contribution in [3.05, 3.63) is 71.3 Å². The Kier molecular flexibility index (Phi) is 8.87. The molecule has 1 aliphatic heterocycles. The van der Waals surface area contributed by atoms with Gasteiger partial charge in [-0.25, -0.2) is 4.79 Å². The van der Waals surface area contributed by atoms with Crippen molar-refractivity contribution in [3.8, 4) is 0 Å². The molecule has 3 rings (SSSR count). The van der Waals surface area contributed by atoms with Crippen LogP contribution >= 0.6 is 0 Å². The quantitative estimate of drug-likeness (QED) is 0.113. The lowest BCUT2D eigenvalue weighted by atomic mass is 9.97. The molecule has 0 aliphatic carbocycles. The SMILES string of the molecule is NN=Cc1ccc(C2CC(=O)N(CC(=O)N[C@@H](CC(=O)O)C(=O)N[C@H](C(=O)O)c3ccccc3)C2=O)cc1. The number of hydrogen-bond donors (Lipinski definition) is 5. The summed E-state index contributed by atoms with van der Waals surface area (Å²) in [6.07, 6.45) is 0.374. The van der Waals surface area contributed by atoms with E-state index in [2.05, 4.69) is 15.7 Å². The van der Waals surface area contributed by atoms with Crippen LogP contribution in [0, 0.1) is 0 Å². The Morgan fingerprint density at radius 2 is 1.68 bits per heavy atom. The van der Waals surface area contributed by atoms with Crippen LogP contribution < -0.4 is 16.5 Å². The predicted octanol–water partition coefficient (Wildman–Crippen LogP) is -0.277. The molecule has 1 saturated heterocycles. The number of rotatable bonds is 11. The van der Waals surface area contributed by atoms with E-state index in [-0.39, 0.29) is 12.0 Å². The molecule has 6 N–H and O–H groups in total. The minimum Gasteiger partial charge on any atom is -0.481 e. The fraction of sp³-hybridized carbons (Fsp3) is 0.240. The second-order valence-electron chi connectivity index (χ2n) is 8.43. The second kappa shape index (κ2) is 12.3. The van der Waals surface area contributed by atoms with Gasteiger partial charge in [0.1, 0.15) is 12.6 Å². The van der Waals surface area contributed by atoms with Crippen molar-refractivity contribution in [2.75, 3.05) is 6.54 Å². The molecule has 0 spiro atoms. The standard InChI is InChI=1S/C25H25N5O8/c26-27-12-14-6-8-15(9-7-14)17-10-20(32)30(24(17)36)13-19(31)28-18(11-21(33)34)23(35)29-22(25(37)38)16-4-2-1-3-5-16/h1-9,12,17-18,22H,10-11,13,26H2,(H,28,31)(H,29,35)(H,33,34)(H,37,38)/t17?,18-,22-/m0/s1. The highest BCUT2D eigenvalue weighted by Crippen LogP contribution is 2.29. The van der Waals surface area contributed by atoms with E-state index in [1.807, 2.05) is 0 Å². The van der Waals surface area contributed by atoms with Crippen LogP contribution in [0.25, 0.3) is 0 Å². The van der Waals surface area contributed by atoms with Crippen LogP contribution in [0.4, 0.5) is 0 Å². The van der Waals surface area contributed by atoms with Gasteiger partial charge in [-0.3, -0.25) is 28.9 Å². The van der Waals surface area contributed by atoms with Gasteiger partial charge in [0, 0.05) is 6.42 Å². The first-order valence-electron chi connectivity index (χ1n) is 11.4. The third kappa shape index (κ3) is 6.78. The molecule has 1 fully saturated rings. The molecule has 13 nitrogen and oxygen atoms in total. The van der Waals surface area contributed by atoms with Gasteiger partial charge in [-0.2, -0.15) is 5.10 Å². The number of likely N-dealkylation sites (tertiary alicyclic amines) is 1. The van der Waals surface area contributed by atoms with Gasteiger partial charge in [0.2, 0.25) is 23.6 Å². The Balaban J connectivity index is 1.68. The Labute approximate surface area is 216 Å². The lowest BCUT2D eigenvalue weighted by Gasteiger charge is -2.22. The lowest BCUT2D eigenvalue weighted by molar-refractivity contribution is -0.145. The van der Waals surface area contributed by atoms with Crippen molar-refractivity contribution in [1.82, 2.24) is 15.5 Å². The average Bonchev–Trinajstić information content (AvgIpc) is 3.15. The van der Waals surface area contributed by atoms with Crippen molar-refractivity contribution in [1.29, 1.82) is 0 Å². The highest BCUT2D eigenvalue weighted by atomic mass is 16.4. The Hall–Kier alpha value is -5.07. The molecule has 2 aromatic carbocycles. The molecule has 1 aliphatic rings. The zero-order valence-electron chi connectivity index (χ0n) is 19.9. The third-order valence-electron chi connectivity index (χ3n) is 5.80. The first-order chi connectivity index (χ1) is 18.1. The predicted molar refractivity (Wildman–Crippen MR) is 131 cm³/mol. The molecular weight excluding hydrogens is 498 g/mol. The maximum absolute atomic E-state index is 12.9. The summed E-state index contributed by atoms with van der Waals surface area (Å²) in [5.74, 6) is -1.80. The number of hydrogen-bond acceptors (Lipinski definition) is 8. The van der Waals surface area contributed by atoms with Crippen molar-refractivity contribution in [2.24, 2.45) is 10.9 Å². The highest BCUT2D eigenvalue weighted by molar-refractivity contribution is 6.08. The second-order valence-corrected chi connectivity index (χ2v) is 8.43. The van der Waals surface area contributed by atoms with Crippen LogP contribution in [-0.2, 0) is 28.8 Å². The molecular formula is C25H25N5O8. The molecule has 4 amide bonds. The Morgan fingerprint density at radius 1 is 1.03 bits per heavy atom. The molecule has 0 saturated carbocycles. The van der Waals surface area contributed by atoms with E-state index in [1.165, 1.54) is 18.3 Å². The van der Waals surface area contributed by atoms with E-state index < -0.39 is 66.5 Å². The topological polar surface area (TPSA) is 209 Å². The monoisotopic (exact) mass is 523 g/mol. The van der Waals surface area contributed by atoms with Gasteiger partial charge in [-0.15, -0.1) is 0 Å². The summed E-state index contributed by atoms with van der Waals surface area (Å²) in [5, 5.41) is 26.5. The maximum atomic E-state index is 12.9. The summed E-state index contributed by atoms with van der Waals surface area (Å²) in [7, 11) is 0. The molecule has 1 unspecified atom stereocenters. The number of hydrazone groups is 1. The summed E-state index contributed by atoms with van der Waals surface area (Å²) in [4.78, 5) is 74.5. The first kappa shape index (κ1) is 27.5. The minimum atomic E-state index is -1.66. The molecule has 38 heavy (non-hydrogen) atoms. The molecule has 13 heteroatoms. The van der Waals surface area contributed by atoms with E-state index in [0.717, 1.165) is 4.90 Å². The van der Waals surface area contributed by atoms with Crippen LogP contribution in [0.2, 0.25) is 0 Å². The normalized spacial score (nSPS) is 16.7. The number of nitrogens with two attached hydrogens (primary N) is 1. The van der Waals surface area contributed by atoms with Gasteiger partial charge < -0.3 is 26.7 Å². The molecule has 0 aromatic heterocycles. The first-order valence-corrected chi connectivity index (χ1v) is 11.4. The molecule has 198 valence electrons. The zero-order chi connectivity index (χ0) is 27.8. The molecule has 2 aromatic rings. The molecule has 0 bridgehead atoms. The van der Waals surface area contributed by atoms with E-state index in [9.17, 15) is 39.0 Å². The van der Waals surface area contributed by atoms with Crippen LogP contribution in [0.15, 0.2) is 59.7 Å². The van der Waals surface area contributed by atoms with Crippen LogP contribution in [0.5, 0.6) is 0 Å². The maximum Gasteiger partial charge on any atom is 0.330 e. The number of nitrogens with zero attached hydrogens (tertiary/aromatic N) is 2. The van der Waals surface area contributed by atoms with E-state index in [1.54, 1.807) is 42.5 Å². The van der Waals surface area contributed by atoms with Gasteiger partial charge in [0.05, 0.1) is 18.6 Å². The van der Waals surface area contributed by atoms with Gasteiger partial charge in [0.25, 0.3) is 0 Å². The number of aliphatic carboxylic acids is 2. The van der Waals surface area contributed by atoms with Crippen LogP contribution in [0.3, 0.4) is 0 Å². The number of amides is 4. The average molecular weight is 524 g/mol. The Morgan fingerprint density at radius 3 is 2.26 bits per heavy atom. The summed E-state index contributed by atoms with van der Waals surface area (Å²) >= 11 is 0. The lowest BCUT2D eigenvalue weighted by Crippen LogP contribution is -2.52. The summed E-state index contributed by atoms with van der Waals surface area (Å²) in [6, 6.07) is 11.1. The van der Waals surface area contributed by atoms with Crippen molar-refractivity contribution in [3.63, 3.8) is 0 Å². The van der Waals surface area contributed by atoms with E-state index in [4.69, 9.17) is 5.84 Å². The summed E-state index contributed by atoms with van der Waals surface area (Å²) in [6.45, 7) is -0.740. The number of imide groups is 1. The van der Waals surface area contributed by atoms with Gasteiger partial charge in [-0.1, -0.05) is 54.6 Å². The minimum absolute atomic E-state index is 0.174. The van der Waals surface area contributed by atoms with E-state index >= 15 is 0 Å². The van der Waals surface area contributed by atoms with Gasteiger partial charge in [0.15, 0.2) is 6.04 Å². The highest BCUT2D eigenvalue weighted by Gasteiger charge is 2.40. The summed E-state index contributed by atoms with van der Waals surface area (Å²) in [5.41, 5.74) is 1.46.